The van der Waals surface area contributed by atoms with Crippen LogP contribution in [0.4, 0.5) is 0 Å². The summed E-state index contributed by atoms with van der Waals surface area (Å²) in [6, 6.07) is 0. The molecule has 0 heterocycles. The SMILES string of the molecule is C[C@@H](CCCC(C)(C)O)C1CCC2C3CC=C4CC(O)CCC4(C)C3CC[C@@]21C. The predicted molar refractivity (Wildman–Crippen MR) is 121 cm³/mol. The van der Waals surface area contributed by atoms with Gasteiger partial charge in [-0.2, -0.15) is 0 Å². The molecule has 4 aliphatic rings. The molecule has 0 aromatic heterocycles. The summed E-state index contributed by atoms with van der Waals surface area (Å²) >= 11 is 0. The summed E-state index contributed by atoms with van der Waals surface area (Å²) in [5.74, 6) is 4.24. The number of fused-ring (bicyclic) bond motifs is 5. The minimum Gasteiger partial charge on any atom is -0.393 e. The Morgan fingerprint density at radius 3 is 2.59 bits per heavy atom. The normalized spacial score (nSPS) is 45.8. The minimum absolute atomic E-state index is 0.0969. The Bertz CT molecular complexity index is 631. The lowest BCUT2D eigenvalue weighted by Crippen LogP contribution is -2.50. The van der Waals surface area contributed by atoms with Crippen molar-refractivity contribution in [1.29, 1.82) is 0 Å². The maximum atomic E-state index is 10.2. The van der Waals surface area contributed by atoms with Crippen LogP contribution in [-0.4, -0.2) is 21.9 Å². The van der Waals surface area contributed by atoms with Gasteiger partial charge in [-0.15, -0.1) is 0 Å². The summed E-state index contributed by atoms with van der Waals surface area (Å²) < 4.78 is 0. The van der Waals surface area contributed by atoms with Gasteiger partial charge in [0.25, 0.3) is 0 Å². The molecule has 0 saturated heterocycles. The van der Waals surface area contributed by atoms with Gasteiger partial charge in [0.2, 0.25) is 0 Å². The van der Waals surface area contributed by atoms with E-state index in [4.69, 9.17) is 0 Å². The maximum Gasteiger partial charge on any atom is 0.0591 e. The van der Waals surface area contributed by atoms with Crippen LogP contribution < -0.4 is 0 Å². The highest BCUT2D eigenvalue weighted by molar-refractivity contribution is 5.25. The third kappa shape index (κ3) is 3.86. The third-order valence-electron chi connectivity index (χ3n) is 10.3. The van der Waals surface area contributed by atoms with Crippen molar-refractivity contribution in [2.75, 3.05) is 0 Å². The van der Waals surface area contributed by atoms with Gasteiger partial charge in [0.15, 0.2) is 0 Å². The van der Waals surface area contributed by atoms with Crippen molar-refractivity contribution < 1.29 is 10.2 Å². The van der Waals surface area contributed by atoms with Gasteiger partial charge in [-0.3, -0.25) is 0 Å². The van der Waals surface area contributed by atoms with E-state index in [1.54, 1.807) is 5.57 Å². The third-order valence-corrected chi connectivity index (χ3v) is 10.3. The Kier molecular flexibility index (Phi) is 5.78. The fourth-order valence-electron chi connectivity index (χ4n) is 8.67. The maximum absolute atomic E-state index is 10.2. The van der Waals surface area contributed by atoms with E-state index in [0.717, 1.165) is 55.3 Å². The molecule has 2 nitrogen and oxygen atoms in total. The zero-order valence-electron chi connectivity index (χ0n) is 19.7. The number of allylic oxidation sites excluding steroid dienone is 1. The Morgan fingerprint density at radius 2 is 1.86 bits per heavy atom. The Balaban J connectivity index is 1.47. The van der Waals surface area contributed by atoms with Gasteiger partial charge in [-0.25, -0.2) is 0 Å². The molecule has 6 unspecified atom stereocenters. The number of aliphatic hydroxyl groups excluding tert-OH is 1. The van der Waals surface area contributed by atoms with Gasteiger partial charge >= 0.3 is 0 Å². The lowest BCUT2D eigenvalue weighted by molar-refractivity contribution is -0.0575. The average molecular weight is 403 g/mol. The van der Waals surface area contributed by atoms with Crippen molar-refractivity contribution in [3.63, 3.8) is 0 Å². The van der Waals surface area contributed by atoms with Crippen molar-refractivity contribution in [3.05, 3.63) is 11.6 Å². The fourth-order valence-corrected chi connectivity index (χ4v) is 8.67. The first-order valence-electron chi connectivity index (χ1n) is 12.6. The highest BCUT2D eigenvalue weighted by atomic mass is 16.3. The largest absolute Gasteiger partial charge is 0.393 e. The molecule has 0 amide bonds. The fraction of sp³-hybridized carbons (Fsp3) is 0.926. The van der Waals surface area contributed by atoms with Gasteiger partial charge in [-0.1, -0.05) is 45.3 Å². The molecule has 4 rings (SSSR count). The first-order valence-corrected chi connectivity index (χ1v) is 12.6. The second-order valence-electron chi connectivity index (χ2n) is 12.6. The Labute approximate surface area is 179 Å². The molecule has 29 heavy (non-hydrogen) atoms. The minimum atomic E-state index is -0.519. The van der Waals surface area contributed by atoms with Crippen LogP contribution >= 0.6 is 0 Å². The molecule has 2 N–H and O–H groups in total. The van der Waals surface area contributed by atoms with Crippen molar-refractivity contribution in [3.8, 4) is 0 Å². The number of hydrogen-bond acceptors (Lipinski definition) is 2. The van der Waals surface area contributed by atoms with Crippen LogP contribution in [0.5, 0.6) is 0 Å². The van der Waals surface area contributed by atoms with E-state index in [1.165, 1.54) is 44.9 Å². The summed E-state index contributed by atoms with van der Waals surface area (Å²) in [6.07, 6.45) is 15.9. The molecule has 0 aromatic carbocycles. The van der Waals surface area contributed by atoms with Crippen molar-refractivity contribution in [2.24, 2.45) is 40.4 Å². The number of aliphatic hydroxyl groups is 2. The van der Waals surface area contributed by atoms with Gasteiger partial charge in [-0.05, 0) is 112 Å². The molecule has 0 bridgehead atoms. The molecule has 0 radical (unpaired) electrons. The summed E-state index contributed by atoms with van der Waals surface area (Å²) in [6.45, 7) is 11.6. The molecule has 8 atom stereocenters. The summed E-state index contributed by atoms with van der Waals surface area (Å²) in [5, 5.41) is 20.3. The van der Waals surface area contributed by atoms with Gasteiger partial charge in [0, 0.05) is 0 Å². The van der Waals surface area contributed by atoms with E-state index in [2.05, 4.69) is 26.8 Å². The zero-order chi connectivity index (χ0) is 21.0. The van der Waals surface area contributed by atoms with Crippen molar-refractivity contribution in [1.82, 2.24) is 0 Å². The van der Waals surface area contributed by atoms with Crippen LogP contribution in [0.25, 0.3) is 0 Å². The van der Waals surface area contributed by atoms with Crippen molar-refractivity contribution in [2.45, 2.75) is 117 Å². The molecule has 0 aromatic rings. The number of hydrogen-bond donors (Lipinski definition) is 2. The van der Waals surface area contributed by atoms with E-state index in [-0.39, 0.29) is 6.10 Å². The molecule has 166 valence electrons. The second-order valence-corrected chi connectivity index (χ2v) is 12.6. The summed E-state index contributed by atoms with van der Waals surface area (Å²) in [4.78, 5) is 0. The quantitative estimate of drug-likeness (QED) is 0.515. The lowest BCUT2D eigenvalue weighted by atomic mass is 9.47. The van der Waals surface area contributed by atoms with Crippen molar-refractivity contribution >= 4 is 0 Å². The molecule has 4 aliphatic carbocycles. The molecular weight excluding hydrogens is 356 g/mol. The lowest BCUT2D eigenvalue weighted by Gasteiger charge is -2.58. The average Bonchev–Trinajstić information content (AvgIpc) is 2.98. The highest BCUT2D eigenvalue weighted by Crippen LogP contribution is 2.67. The summed E-state index contributed by atoms with van der Waals surface area (Å²) in [7, 11) is 0. The summed E-state index contributed by atoms with van der Waals surface area (Å²) in [5.41, 5.74) is 1.95. The molecule has 0 aliphatic heterocycles. The first-order chi connectivity index (χ1) is 13.5. The van der Waals surface area contributed by atoms with Gasteiger partial charge in [0.1, 0.15) is 0 Å². The Hall–Kier alpha value is -0.340. The van der Waals surface area contributed by atoms with E-state index in [9.17, 15) is 10.2 Å². The van der Waals surface area contributed by atoms with Gasteiger partial charge < -0.3 is 10.2 Å². The van der Waals surface area contributed by atoms with Gasteiger partial charge in [0.05, 0.1) is 11.7 Å². The van der Waals surface area contributed by atoms with Crippen LogP contribution in [-0.2, 0) is 0 Å². The monoisotopic (exact) mass is 402 g/mol. The first kappa shape index (κ1) is 21.9. The molecule has 3 fully saturated rings. The van der Waals surface area contributed by atoms with Crippen LogP contribution in [0.2, 0.25) is 0 Å². The van der Waals surface area contributed by atoms with Crippen LogP contribution in [0.15, 0.2) is 11.6 Å². The second kappa shape index (κ2) is 7.66. The van der Waals surface area contributed by atoms with Crippen LogP contribution in [0, 0.1) is 40.4 Å². The molecule has 3 saturated carbocycles. The van der Waals surface area contributed by atoms with E-state index in [1.807, 2.05) is 13.8 Å². The topological polar surface area (TPSA) is 40.5 Å². The zero-order valence-corrected chi connectivity index (χ0v) is 19.7. The molecule has 2 heteroatoms. The Morgan fingerprint density at radius 1 is 1.10 bits per heavy atom. The van der Waals surface area contributed by atoms with Crippen LogP contribution in [0.1, 0.15) is 105 Å². The number of rotatable bonds is 5. The highest BCUT2D eigenvalue weighted by Gasteiger charge is 2.59. The standard InChI is InChI=1S/C27H46O2/c1-18(7-6-14-25(2,3)29)22-10-11-23-21-9-8-19-17-20(28)12-15-26(19,4)24(21)13-16-27(22,23)5/h8,18,20-24,28-29H,6-7,9-17H2,1-5H3/t18-,20?,21?,22?,23?,24?,26?,27+/m0/s1. The van der Waals surface area contributed by atoms with E-state index >= 15 is 0 Å². The predicted octanol–water partition coefficient (Wildman–Crippen LogP) is 6.50. The van der Waals surface area contributed by atoms with Crippen LogP contribution in [0.3, 0.4) is 0 Å². The molecular formula is C27H46O2. The van der Waals surface area contributed by atoms with E-state index in [0.29, 0.717) is 10.8 Å². The smallest absolute Gasteiger partial charge is 0.0591 e. The molecule has 0 spiro atoms. The van der Waals surface area contributed by atoms with E-state index < -0.39 is 5.60 Å².